The number of aryl methyl sites for hydroxylation is 1. The summed E-state index contributed by atoms with van der Waals surface area (Å²) in [5, 5.41) is 3.20. The maximum atomic E-state index is 13.0. The lowest BCUT2D eigenvalue weighted by Gasteiger charge is -2.15. The van der Waals surface area contributed by atoms with Crippen LogP contribution < -0.4 is 10.9 Å². The number of hydrogen-bond acceptors (Lipinski definition) is 2. The van der Waals surface area contributed by atoms with Gasteiger partial charge in [0.2, 0.25) is 0 Å². The van der Waals surface area contributed by atoms with Crippen LogP contribution in [0.25, 0.3) is 0 Å². The van der Waals surface area contributed by atoms with E-state index in [9.17, 15) is 13.6 Å². The van der Waals surface area contributed by atoms with Crippen LogP contribution in [0.2, 0.25) is 0 Å². The Bertz CT molecular complexity index is 967. The molecule has 0 bridgehead atoms. The summed E-state index contributed by atoms with van der Waals surface area (Å²) < 4.78 is 28.1. The van der Waals surface area contributed by atoms with Gasteiger partial charge in [0.25, 0.3) is 5.56 Å². The highest BCUT2D eigenvalue weighted by Gasteiger charge is 2.11. The number of rotatable bonds is 5. The van der Waals surface area contributed by atoms with Crippen LogP contribution in [-0.4, -0.2) is 4.57 Å². The summed E-state index contributed by atoms with van der Waals surface area (Å²) in [5.74, 6) is -0.589. The van der Waals surface area contributed by atoms with Crippen LogP contribution in [-0.2, 0) is 13.1 Å². The van der Waals surface area contributed by atoms with Gasteiger partial charge in [-0.25, -0.2) is 8.78 Å². The van der Waals surface area contributed by atoms with E-state index in [-0.39, 0.29) is 17.2 Å². The maximum Gasteiger partial charge on any atom is 0.267 e. The number of nitrogens with one attached hydrogen (secondary N) is 1. The van der Waals surface area contributed by atoms with Gasteiger partial charge < -0.3 is 9.88 Å². The number of benzene rings is 2. The lowest BCUT2D eigenvalue weighted by molar-refractivity contribution is 0.625. The molecular weight excluding hydrogens is 402 g/mol. The normalized spacial score (nSPS) is 10.8. The zero-order valence-electron chi connectivity index (χ0n) is 14.1. The van der Waals surface area contributed by atoms with E-state index in [4.69, 9.17) is 0 Å². The molecule has 0 saturated heterocycles. The fraction of sp³-hybridized carbons (Fsp3) is 0.150. The number of hydrogen-bond donors (Lipinski definition) is 1. The van der Waals surface area contributed by atoms with E-state index in [1.165, 1.54) is 24.3 Å². The van der Waals surface area contributed by atoms with Crippen molar-refractivity contribution < 1.29 is 8.78 Å². The van der Waals surface area contributed by atoms with Gasteiger partial charge in [0.15, 0.2) is 0 Å². The quantitative estimate of drug-likeness (QED) is 0.641. The van der Waals surface area contributed by atoms with Gasteiger partial charge in [-0.2, -0.15) is 0 Å². The molecule has 0 spiro atoms. The fourth-order valence-electron chi connectivity index (χ4n) is 2.64. The van der Waals surface area contributed by atoms with Crippen molar-refractivity contribution >= 4 is 21.6 Å². The summed E-state index contributed by atoms with van der Waals surface area (Å²) in [6.45, 7) is 2.68. The summed E-state index contributed by atoms with van der Waals surface area (Å²) in [6.07, 6.45) is 0. The molecule has 6 heteroatoms. The minimum atomic E-state index is -0.306. The highest BCUT2D eigenvalue weighted by atomic mass is 79.9. The number of aromatic nitrogens is 1. The topological polar surface area (TPSA) is 34.0 Å². The molecule has 134 valence electrons. The Morgan fingerprint density at radius 2 is 1.50 bits per heavy atom. The van der Waals surface area contributed by atoms with Crippen molar-refractivity contribution in [2.75, 3.05) is 5.32 Å². The van der Waals surface area contributed by atoms with Crippen molar-refractivity contribution in [3.8, 4) is 0 Å². The third-order valence-electron chi connectivity index (χ3n) is 4.10. The monoisotopic (exact) mass is 418 g/mol. The molecular formula is C20H17BrF2N2O. The second-order valence-corrected chi connectivity index (χ2v) is 6.80. The lowest BCUT2D eigenvalue weighted by atomic mass is 10.2. The molecule has 0 aliphatic carbocycles. The van der Waals surface area contributed by atoms with E-state index in [0.29, 0.717) is 23.2 Å². The summed E-state index contributed by atoms with van der Waals surface area (Å²) in [5.41, 5.74) is 3.04. The van der Waals surface area contributed by atoms with Gasteiger partial charge in [-0.1, -0.05) is 24.3 Å². The molecule has 1 aromatic heterocycles. The first-order valence-corrected chi connectivity index (χ1v) is 8.86. The Hall–Kier alpha value is -2.47. The van der Waals surface area contributed by atoms with Crippen LogP contribution in [0, 0.1) is 18.6 Å². The lowest BCUT2D eigenvalue weighted by Crippen LogP contribution is -2.24. The van der Waals surface area contributed by atoms with Crippen LogP contribution in [0.5, 0.6) is 0 Å². The number of anilines is 1. The predicted molar refractivity (Wildman–Crippen MR) is 102 cm³/mol. The molecule has 1 N–H and O–H groups in total. The van der Waals surface area contributed by atoms with E-state index in [1.807, 2.05) is 13.0 Å². The second kappa shape index (κ2) is 7.83. The largest absolute Gasteiger partial charge is 0.380 e. The molecule has 0 aliphatic heterocycles. The van der Waals surface area contributed by atoms with E-state index < -0.39 is 0 Å². The smallest absolute Gasteiger partial charge is 0.267 e. The minimum absolute atomic E-state index is 0.170. The molecule has 1 heterocycles. The van der Waals surface area contributed by atoms with Crippen LogP contribution >= 0.6 is 15.9 Å². The molecule has 3 nitrogen and oxygen atoms in total. The Balaban J connectivity index is 1.82. The van der Waals surface area contributed by atoms with Gasteiger partial charge in [0, 0.05) is 12.2 Å². The van der Waals surface area contributed by atoms with E-state index in [2.05, 4.69) is 21.2 Å². The van der Waals surface area contributed by atoms with Gasteiger partial charge in [-0.15, -0.1) is 0 Å². The molecule has 3 aromatic rings. The van der Waals surface area contributed by atoms with Crippen LogP contribution in [0.3, 0.4) is 0 Å². The molecule has 0 amide bonds. The highest BCUT2D eigenvalue weighted by Crippen LogP contribution is 2.21. The molecule has 0 fully saturated rings. The average Bonchev–Trinajstić information content (AvgIpc) is 2.63. The Morgan fingerprint density at radius 1 is 0.962 bits per heavy atom. The molecule has 0 unspecified atom stereocenters. The van der Waals surface area contributed by atoms with Gasteiger partial charge in [-0.05, 0) is 64.3 Å². The fourth-order valence-corrected chi connectivity index (χ4v) is 3.11. The van der Waals surface area contributed by atoms with Crippen molar-refractivity contribution in [3.05, 3.63) is 97.9 Å². The van der Waals surface area contributed by atoms with Crippen molar-refractivity contribution in [2.45, 2.75) is 20.0 Å². The second-order valence-electron chi connectivity index (χ2n) is 6.01. The summed E-state index contributed by atoms with van der Waals surface area (Å²) in [7, 11) is 0. The van der Waals surface area contributed by atoms with E-state index >= 15 is 0 Å². The van der Waals surface area contributed by atoms with Gasteiger partial charge in [-0.3, -0.25) is 4.79 Å². The van der Waals surface area contributed by atoms with Gasteiger partial charge in [0.05, 0.1) is 12.2 Å². The first-order chi connectivity index (χ1) is 12.4. The zero-order chi connectivity index (χ0) is 18.7. The van der Waals surface area contributed by atoms with E-state index in [0.717, 1.165) is 16.8 Å². The summed E-state index contributed by atoms with van der Waals surface area (Å²) >= 11 is 3.36. The molecule has 0 saturated carbocycles. The maximum absolute atomic E-state index is 13.0. The minimum Gasteiger partial charge on any atom is -0.380 e. The number of halogens is 3. The number of pyridine rings is 1. The standard InChI is InChI=1S/C20H17BrF2N2O/c1-13-10-18(24-11-14-2-6-16(22)7-3-14)19(21)20(26)25(13)12-15-4-8-17(23)9-5-15/h2-10,24H,11-12H2,1H3. The first-order valence-electron chi connectivity index (χ1n) is 8.07. The third kappa shape index (κ3) is 4.19. The summed E-state index contributed by atoms with van der Waals surface area (Å²) in [4.78, 5) is 12.7. The molecule has 0 aliphatic rings. The molecule has 3 rings (SSSR count). The molecule has 26 heavy (non-hydrogen) atoms. The van der Waals surface area contributed by atoms with Crippen molar-refractivity contribution in [1.29, 1.82) is 0 Å². The zero-order valence-corrected chi connectivity index (χ0v) is 15.7. The third-order valence-corrected chi connectivity index (χ3v) is 4.86. The number of nitrogens with zero attached hydrogens (tertiary/aromatic N) is 1. The van der Waals surface area contributed by atoms with Crippen molar-refractivity contribution in [3.63, 3.8) is 0 Å². The van der Waals surface area contributed by atoms with E-state index in [1.54, 1.807) is 28.8 Å². The average molecular weight is 419 g/mol. The Labute approximate surface area is 158 Å². The molecule has 2 aromatic carbocycles. The van der Waals surface area contributed by atoms with Crippen molar-refractivity contribution in [1.82, 2.24) is 4.57 Å². The predicted octanol–water partition coefficient (Wildman–Crippen LogP) is 4.86. The van der Waals surface area contributed by atoms with Crippen LogP contribution in [0.15, 0.2) is 63.9 Å². The SMILES string of the molecule is Cc1cc(NCc2ccc(F)cc2)c(Br)c(=O)n1Cc1ccc(F)cc1. The van der Waals surface area contributed by atoms with Gasteiger partial charge >= 0.3 is 0 Å². The van der Waals surface area contributed by atoms with Crippen LogP contribution in [0.4, 0.5) is 14.5 Å². The molecule has 0 atom stereocenters. The Morgan fingerprint density at radius 3 is 2.08 bits per heavy atom. The van der Waals surface area contributed by atoms with Crippen LogP contribution in [0.1, 0.15) is 16.8 Å². The molecule has 0 radical (unpaired) electrons. The van der Waals surface area contributed by atoms with Crippen molar-refractivity contribution in [2.24, 2.45) is 0 Å². The summed E-state index contributed by atoms with van der Waals surface area (Å²) in [6, 6.07) is 14.1. The first kappa shape index (κ1) is 18.3. The highest BCUT2D eigenvalue weighted by molar-refractivity contribution is 9.10. The Kier molecular flexibility index (Phi) is 5.52. The van der Waals surface area contributed by atoms with Gasteiger partial charge in [0.1, 0.15) is 16.1 Å².